The molecule has 1 saturated heterocycles. The van der Waals surface area contributed by atoms with Gasteiger partial charge in [0.05, 0.1) is 6.42 Å². The zero-order valence-electron chi connectivity index (χ0n) is 11.6. The topological polar surface area (TPSA) is 57.6 Å². The maximum Gasteiger partial charge on any atom is 0.303 e. The van der Waals surface area contributed by atoms with Crippen molar-refractivity contribution in [3.05, 3.63) is 0 Å². The Bertz CT molecular complexity index is 330. The first-order chi connectivity index (χ1) is 8.23. The summed E-state index contributed by atoms with van der Waals surface area (Å²) in [6.07, 6.45) is 0.340. The summed E-state index contributed by atoms with van der Waals surface area (Å²) in [4.78, 5) is 24.9. The van der Waals surface area contributed by atoms with Crippen LogP contribution in [0, 0.1) is 5.41 Å². The number of nitrogens with zero attached hydrogens (tertiary/aromatic N) is 1. The molecule has 0 radical (unpaired) electrons. The third-order valence-corrected chi connectivity index (χ3v) is 4.80. The highest BCUT2D eigenvalue weighted by molar-refractivity contribution is 8.00. The highest BCUT2D eigenvalue weighted by atomic mass is 32.2. The van der Waals surface area contributed by atoms with Crippen LogP contribution in [-0.2, 0) is 9.59 Å². The molecule has 2 unspecified atom stereocenters. The Hall–Kier alpha value is -0.710. The van der Waals surface area contributed by atoms with Crippen molar-refractivity contribution < 1.29 is 14.7 Å². The van der Waals surface area contributed by atoms with E-state index in [1.807, 2.05) is 30.5 Å². The predicted molar refractivity (Wildman–Crippen MR) is 73.7 cm³/mol. The molecule has 1 aliphatic heterocycles. The van der Waals surface area contributed by atoms with Crippen molar-refractivity contribution in [2.24, 2.45) is 5.41 Å². The molecular formula is C13H23NO3S. The van der Waals surface area contributed by atoms with Crippen molar-refractivity contribution in [3.8, 4) is 0 Å². The normalized spacial score (nSPS) is 25.0. The van der Waals surface area contributed by atoms with Crippen LogP contribution in [0.25, 0.3) is 0 Å². The molecule has 5 heteroatoms. The molecule has 0 saturated carbocycles. The summed E-state index contributed by atoms with van der Waals surface area (Å²) in [6, 6.07) is 0.233. The van der Waals surface area contributed by atoms with Crippen LogP contribution in [0.4, 0.5) is 0 Å². The van der Waals surface area contributed by atoms with Crippen LogP contribution in [0.1, 0.15) is 40.5 Å². The van der Waals surface area contributed by atoms with Crippen molar-refractivity contribution in [1.29, 1.82) is 0 Å². The van der Waals surface area contributed by atoms with E-state index in [2.05, 4.69) is 13.8 Å². The second-order valence-corrected chi connectivity index (χ2v) is 7.30. The van der Waals surface area contributed by atoms with E-state index in [0.29, 0.717) is 11.7 Å². The van der Waals surface area contributed by atoms with E-state index in [1.54, 1.807) is 0 Å². The fourth-order valence-corrected chi connectivity index (χ4v) is 3.37. The van der Waals surface area contributed by atoms with Gasteiger partial charge < -0.3 is 10.0 Å². The Morgan fingerprint density at radius 2 is 1.94 bits per heavy atom. The fraction of sp³-hybridized carbons (Fsp3) is 0.846. The third-order valence-electron chi connectivity index (χ3n) is 3.46. The highest BCUT2D eigenvalue weighted by Crippen LogP contribution is 2.29. The molecule has 1 rings (SSSR count). The summed E-state index contributed by atoms with van der Waals surface area (Å²) in [5.41, 5.74) is -0.476. The molecule has 1 aliphatic rings. The number of carbonyl (C=O) groups excluding carboxylic acids is 1. The lowest BCUT2D eigenvalue weighted by Gasteiger charge is -2.39. The minimum Gasteiger partial charge on any atom is -0.481 e. The molecule has 2 atom stereocenters. The minimum atomic E-state index is -0.844. The lowest BCUT2D eigenvalue weighted by molar-refractivity contribution is -0.141. The van der Waals surface area contributed by atoms with Crippen LogP contribution >= 0.6 is 11.8 Å². The smallest absolute Gasteiger partial charge is 0.303 e. The first-order valence-electron chi connectivity index (χ1n) is 6.36. The van der Waals surface area contributed by atoms with E-state index in [1.165, 1.54) is 0 Å². The van der Waals surface area contributed by atoms with Crippen LogP contribution in [0.3, 0.4) is 0 Å². The third kappa shape index (κ3) is 4.19. The number of amides is 1. The number of rotatable bonds is 4. The van der Waals surface area contributed by atoms with E-state index < -0.39 is 11.4 Å². The van der Waals surface area contributed by atoms with Gasteiger partial charge in [-0.2, -0.15) is 11.8 Å². The van der Waals surface area contributed by atoms with Crippen molar-refractivity contribution in [1.82, 2.24) is 4.90 Å². The van der Waals surface area contributed by atoms with Gasteiger partial charge in [0.1, 0.15) is 0 Å². The Kier molecular flexibility index (Phi) is 5.08. The second kappa shape index (κ2) is 5.95. The van der Waals surface area contributed by atoms with E-state index >= 15 is 0 Å². The molecule has 18 heavy (non-hydrogen) atoms. The molecule has 0 aromatic heterocycles. The summed E-state index contributed by atoms with van der Waals surface area (Å²) < 4.78 is 0. The number of carboxylic acid groups (broad SMARTS) is 1. The quantitative estimate of drug-likeness (QED) is 0.853. The summed E-state index contributed by atoms with van der Waals surface area (Å²) >= 11 is 1.89. The van der Waals surface area contributed by atoms with Gasteiger partial charge in [-0.05, 0) is 12.3 Å². The molecule has 104 valence electrons. The number of carboxylic acids is 1. The Labute approximate surface area is 113 Å². The van der Waals surface area contributed by atoms with Crippen molar-refractivity contribution in [3.63, 3.8) is 0 Å². The largest absolute Gasteiger partial charge is 0.481 e. The lowest BCUT2D eigenvalue weighted by atomic mass is 9.85. The highest BCUT2D eigenvalue weighted by Gasteiger charge is 2.33. The molecule has 0 spiro atoms. The minimum absolute atomic E-state index is 0.0330. The van der Waals surface area contributed by atoms with Gasteiger partial charge in [-0.1, -0.05) is 20.8 Å². The number of hydrogen-bond acceptors (Lipinski definition) is 3. The second-order valence-electron chi connectivity index (χ2n) is 5.82. The van der Waals surface area contributed by atoms with Crippen molar-refractivity contribution in [2.45, 2.75) is 51.8 Å². The van der Waals surface area contributed by atoms with Crippen LogP contribution in [0.5, 0.6) is 0 Å². The van der Waals surface area contributed by atoms with Gasteiger partial charge >= 0.3 is 5.97 Å². The first-order valence-corrected chi connectivity index (χ1v) is 7.41. The first kappa shape index (κ1) is 15.3. The average Bonchev–Trinajstić information content (AvgIpc) is 2.18. The summed E-state index contributed by atoms with van der Waals surface area (Å²) in [7, 11) is 0. The molecule has 4 nitrogen and oxygen atoms in total. The molecule has 1 N–H and O–H groups in total. The van der Waals surface area contributed by atoms with Gasteiger partial charge in [-0.25, -0.2) is 0 Å². The lowest BCUT2D eigenvalue weighted by Crippen LogP contribution is -2.49. The molecule has 0 bridgehead atoms. The van der Waals surface area contributed by atoms with Crippen LogP contribution in [0.15, 0.2) is 0 Å². The SMILES string of the molecule is CC1SCCN(C(=O)CC(C)(C)CC(=O)O)C1C. The summed E-state index contributed by atoms with van der Waals surface area (Å²) in [6.45, 7) is 8.66. The molecule has 0 aliphatic carbocycles. The van der Waals surface area contributed by atoms with Crippen LogP contribution < -0.4 is 0 Å². The molecule has 1 heterocycles. The zero-order valence-corrected chi connectivity index (χ0v) is 12.4. The Balaban J connectivity index is 2.61. The monoisotopic (exact) mass is 273 g/mol. The van der Waals surface area contributed by atoms with E-state index in [9.17, 15) is 9.59 Å². The Morgan fingerprint density at radius 1 is 1.33 bits per heavy atom. The van der Waals surface area contributed by atoms with Gasteiger partial charge in [0.2, 0.25) is 5.91 Å². The maximum absolute atomic E-state index is 12.3. The van der Waals surface area contributed by atoms with Gasteiger partial charge in [0.15, 0.2) is 0 Å². The predicted octanol–water partition coefficient (Wildman–Crippen LogP) is 2.23. The van der Waals surface area contributed by atoms with Crippen molar-refractivity contribution in [2.75, 3.05) is 12.3 Å². The van der Waals surface area contributed by atoms with Gasteiger partial charge in [-0.15, -0.1) is 0 Å². The van der Waals surface area contributed by atoms with Crippen LogP contribution in [-0.4, -0.2) is 45.5 Å². The van der Waals surface area contributed by atoms with E-state index in [-0.39, 0.29) is 18.4 Å². The summed E-state index contributed by atoms with van der Waals surface area (Å²) in [5, 5.41) is 9.29. The molecule has 1 amide bonds. The molecule has 0 aromatic carbocycles. The number of thioether (sulfide) groups is 1. The van der Waals surface area contributed by atoms with Crippen molar-refractivity contribution >= 4 is 23.6 Å². The molecule has 1 fully saturated rings. The zero-order chi connectivity index (χ0) is 13.9. The summed E-state index contributed by atoms with van der Waals surface area (Å²) in [5.74, 6) is 0.209. The maximum atomic E-state index is 12.3. The fourth-order valence-electron chi connectivity index (χ4n) is 2.27. The average molecular weight is 273 g/mol. The van der Waals surface area contributed by atoms with E-state index in [4.69, 9.17) is 5.11 Å². The number of hydrogen-bond donors (Lipinski definition) is 1. The molecule has 0 aromatic rings. The standard InChI is InChI=1S/C13H23NO3S/c1-9-10(2)18-6-5-14(9)11(15)7-13(3,4)8-12(16)17/h9-10H,5-8H2,1-4H3,(H,16,17). The van der Waals surface area contributed by atoms with Crippen LogP contribution in [0.2, 0.25) is 0 Å². The molecular weight excluding hydrogens is 250 g/mol. The number of carbonyl (C=O) groups is 2. The number of aliphatic carboxylic acids is 1. The Morgan fingerprint density at radius 3 is 2.50 bits per heavy atom. The van der Waals surface area contributed by atoms with E-state index in [0.717, 1.165) is 12.3 Å². The van der Waals surface area contributed by atoms with Gasteiger partial charge in [0.25, 0.3) is 0 Å². The van der Waals surface area contributed by atoms with Gasteiger partial charge in [0, 0.05) is 30.0 Å². The van der Waals surface area contributed by atoms with Gasteiger partial charge in [-0.3, -0.25) is 9.59 Å².